The minimum Gasteiger partial charge on any atom is -0.358 e. The van der Waals surface area contributed by atoms with Crippen molar-refractivity contribution >= 4 is 21.6 Å². The lowest BCUT2D eigenvalue weighted by Crippen LogP contribution is -2.39. The molecule has 0 N–H and O–H groups in total. The lowest BCUT2D eigenvalue weighted by Gasteiger charge is -2.37. The molecule has 1 aliphatic heterocycles. The van der Waals surface area contributed by atoms with Gasteiger partial charge in [0.15, 0.2) is 0 Å². The summed E-state index contributed by atoms with van der Waals surface area (Å²) in [6.45, 7) is 0.718. The van der Waals surface area contributed by atoms with Gasteiger partial charge in [-0.3, -0.25) is 10.1 Å². The molecule has 3 rings (SSSR count). The van der Waals surface area contributed by atoms with Crippen LogP contribution in [0.1, 0.15) is 17.2 Å². The van der Waals surface area contributed by atoms with Crippen molar-refractivity contribution in [3.05, 3.63) is 74.2 Å². The van der Waals surface area contributed by atoms with Crippen molar-refractivity contribution in [3.63, 3.8) is 0 Å². The van der Waals surface area contributed by atoms with E-state index in [-0.39, 0.29) is 17.5 Å². The molecule has 0 saturated carbocycles. The Labute approximate surface area is 131 Å². The number of nitro groups is 1. The maximum Gasteiger partial charge on any atom is 0.228 e. The third kappa shape index (κ3) is 2.93. The normalized spacial score (nSPS) is 17.4. The lowest BCUT2D eigenvalue weighted by atomic mass is 9.92. The minimum atomic E-state index is -0.226. The molecule has 4 nitrogen and oxygen atoms in total. The molecular formula is C16H15BrN2O2. The van der Waals surface area contributed by atoms with Gasteiger partial charge in [-0.1, -0.05) is 40.2 Å². The molecule has 0 unspecified atom stereocenters. The van der Waals surface area contributed by atoms with Crippen molar-refractivity contribution in [2.24, 2.45) is 0 Å². The van der Waals surface area contributed by atoms with E-state index in [2.05, 4.69) is 26.9 Å². The van der Waals surface area contributed by atoms with Gasteiger partial charge in [-0.15, -0.1) is 0 Å². The Kier molecular flexibility index (Phi) is 3.92. The SMILES string of the molecule is O=[N+]([O-])C[C@H]1c2cc(Br)ccc2CCN1c1ccccc1. The van der Waals surface area contributed by atoms with Gasteiger partial charge in [0, 0.05) is 21.6 Å². The highest BCUT2D eigenvalue weighted by Crippen LogP contribution is 2.35. The Bertz CT molecular complexity index is 661. The first-order valence-electron chi connectivity index (χ1n) is 6.87. The van der Waals surface area contributed by atoms with Crippen LogP contribution in [0.4, 0.5) is 5.69 Å². The second-order valence-corrected chi connectivity index (χ2v) is 6.07. The van der Waals surface area contributed by atoms with Gasteiger partial charge < -0.3 is 4.90 Å². The van der Waals surface area contributed by atoms with Crippen LogP contribution < -0.4 is 4.90 Å². The minimum absolute atomic E-state index is 0.0850. The summed E-state index contributed by atoms with van der Waals surface area (Å²) in [6, 6.07) is 15.8. The first kappa shape index (κ1) is 14.1. The van der Waals surface area contributed by atoms with Gasteiger partial charge in [-0.05, 0) is 41.8 Å². The molecule has 108 valence electrons. The molecule has 0 bridgehead atoms. The molecule has 21 heavy (non-hydrogen) atoms. The van der Waals surface area contributed by atoms with Gasteiger partial charge >= 0.3 is 0 Å². The fourth-order valence-corrected chi connectivity index (χ4v) is 3.31. The van der Waals surface area contributed by atoms with Crippen molar-refractivity contribution in [2.45, 2.75) is 12.5 Å². The maximum absolute atomic E-state index is 11.1. The summed E-state index contributed by atoms with van der Waals surface area (Å²) < 4.78 is 0.963. The number of rotatable bonds is 3. The van der Waals surface area contributed by atoms with Crippen molar-refractivity contribution in [1.29, 1.82) is 0 Å². The van der Waals surface area contributed by atoms with Crippen LogP contribution in [-0.4, -0.2) is 18.0 Å². The van der Waals surface area contributed by atoms with Crippen molar-refractivity contribution < 1.29 is 4.92 Å². The molecule has 2 aromatic carbocycles. The molecule has 0 amide bonds. The zero-order valence-corrected chi connectivity index (χ0v) is 13.0. The Morgan fingerprint density at radius 2 is 2.00 bits per heavy atom. The molecule has 2 aromatic rings. The third-order valence-electron chi connectivity index (χ3n) is 3.88. The van der Waals surface area contributed by atoms with E-state index in [4.69, 9.17) is 0 Å². The average molecular weight is 347 g/mol. The first-order chi connectivity index (χ1) is 10.1. The molecule has 0 aliphatic carbocycles. The standard InChI is InChI=1S/C16H15BrN2O2/c17-13-7-6-12-8-9-18(14-4-2-1-3-5-14)16(11-19(20)21)15(12)10-13/h1-7,10,16H,8-9,11H2/t16-/m0/s1. The lowest BCUT2D eigenvalue weighted by molar-refractivity contribution is -0.483. The average Bonchev–Trinajstić information content (AvgIpc) is 2.48. The van der Waals surface area contributed by atoms with Crippen LogP contribution in [0.15, 0.2) is 53.0 Å². The van der Waals surface area contributed by atoms with Crippen molar-refractivity contribution in [1.82, 2.24) is 0 Å². The molecule has 0 aromatic heterocycles. The van der Waals surface area contributed by atoms with Crippen LogP contribution in [0.2, 0.25) is 0 Å². The van der Waals surface area contributed by atoms with Gasteiger partial charge in [0.2, 0.25) is 6.54 Å². The van der Waals surface area contributed by atoms with Gasteiger partial charge in [0.05, 0.1) is 0 Å². The Morgan fingerprint density at radius 3 is 2.71 bits per heavy atom. The summed E-state index contributed by atoms with van der Waals surface area (Å²) in [5.74, 6) is 0. The van der Waals surface area contributed by atoms with Crippen LogP contribution in [0.3, 0.4) is 0 Å². The van der Waals surface area contributed by atoms with Gasteiger partial charge in [-0.2, -0.15) is 0 Å². The number of fused-ring (bicyclic) bond motifs is 1. The fraction of sp³-hybridized carbons (Fsp3) is 0.250. The first-order valence-corrected chi connectivity index (χ1v) is 7.66. The molecule has 1 heterocycles. The van der Waals surface area contributed by atoms with Gasteiger partial charge in [-0.25, -0.2) is 0 Å². The highest BCUT2D eigenvalue weighted by Gasteiger charge is 2.31. The summed E-state index contributed by atoms with van der Waals surface area (Å²) in [6.07, 6.45) is 0.908. The zero-order valence-electron chi connectivity index (χ0n) is 11.4. The van der Waals surface area contributed by atoms with Crippen molar-refractivity contribution in [2.75, 3.05) is 18.0 Å². The van der Waals surface area contributed by atoms with Gasteiger partial charge in [0.1, 0.15) is 6.04 Å². The summed E-state index contributed by atoms with van der Waals surface area (Å²) in [5.41, 5.74) is 3.29. The monoisotopic (exact) mass is 346 g/mol. The number of hydrogen-bond donors (Lipinski definition) is 0. The second-order valence-electron chi connectivity index (χ2n) is 5.15. The van der Waals surface area contributed by atoms with E-state index in [1.807, 2.05) is 42.5 Å². The summed E-state index contributed by atoms with van der Waals surface area (Å²) in [5, 5.41) is 11.1. The van der Waals surface area contributed by atoms with Gasteiger partial charge in [0.25, 0.3) is 0 Å². The summed E-state index contributed by atoms with van der Waals surface area (Å²) in [7, 11) is 0. The van der Waals surface area contributed by atoms with E-state index < -0.39 is 0 Å². The molecule has 5 heteroatoms. The Hall–Kier alpha value is -1.88. The molecular weight excluding hydrogens is 332 g/mol. The van der Waals surface area contributed by atoms with Crippen LogP contribution in [-0.2, 0) is 6.42 Å². The second kappa shape index (κ2) is 5.85. The molecule has 0 fully saturated rings. The van der Waals surface area contributed by atoms with Crippen molar-refractivity contribution in [3.8, 4) is 0 Å². The number of hydrogen-bond acceptors (Lipinski definition) is 3. The smallest absolute Gasteiger partial charge is 0.228 e. The van der Waals surface area contributed by atoms with E-state index >= 15 is 0 Å². The number of anilines is 1. The number of nitrogens with zero attached hydrogens (tertiary/aromatic N) is 2. The van der Waals surface area contributed by atoms with E-state index in [1.54, 1.807) is 0 Å². The fourth-order valence-electron chi connectivity index (χ4n) is 2.93. The van der Waals surface area contributed by atoms with Crippen LogP contribution >= 0.6 is 15.9 Å². The summed E-state index contributed by atoms with van der Waals surface area (Å²) in [4.78, 5) is 13.0. The number of halogens is 1. The maximum atomic E-state index is 11.1. The predicted molar refractivity (Wildman–Crippen MR) is 86.2 cm³/mol. The number of para-hydroxylation sites is 1. The van der Waals surface area contributed by atoms with Crippen LogP contribution in [0, 0.1) is 10.1 Å². The van der Waals surface area contributed by atoms with Crippen LogP contribution in [0.25, 0.3) is 0 Å². The van der Waals surface area contributed by atoms with E-state index in [9.17, 15) is 10.1 Å². The largest absolute Gasteiger partial charge is 0.358 e. The highest BCUT2D eigenvalue weighted by molar-refractivity contribution is 9.10. The summed E-state index contributed by atoms with van der Waals surface area (Å²) >= 11 is 3.47. The molecule has 1 atom stereocenters. The molecule has 1 aliphatic rings. The molecule has 0 saturated heterocycles. The zero-order chi connectivity index (χ0) is 14.8. The van der Waals surface area contributed by atoms with E-state index in [0.717, 1.165) is 28.7 Å². The van der Waals surface area contributed by atoms with E-state index in [1.165, 1.54) is 5.56 Å². The highest BCUT2D eigenvalue weighted by atomic mass is 79.9. The number of benzene rings is 2. The quantitative estimate of drug-likeness (QED) is 0.626. The Morgan fingerprint density at radius 1 is 1.24 bits per heavy atom. The van der Waals surface area contributed by atoms with Crippen LogP contribution in [0.5, 0.6) is 0 Å². The topological polar surface area (TPSA) is 46.4 Å². The predicted octanol–water partition coefficient (Wildman–Crippen LogP) is 3.83. The molecule has 0 radical (unpaired) electrons. The third-order valence-corrected chi connectivity index (χ3v) is 4.37. The van der Waals surface area contributed by atoms with E-state index in [0.29, 0.717) is 0 Å². The Balaban J connectivity index is 2.04. The molecule has 0 spiro atoms.